The van der Waals surface area contributed by atoms with Crippen LogP contribution in [0.3, 0.4) is 0 Å². The minimum Gasteiger partial charge on any atom is -0.414 e. The van der Waals surface area contributed by atoms with E-state index in [-0.39, 0.29) is 18.4 Å². The van der Waals surface area contributed by atoms with Crippen LogP contribution in [-0.4, -0.2) is 32.7 Å². The molecule has 30 heavy (non-hydrogen) atoms. The van der Waals surface area contributed by atoms with E-state index in [0.717, 1.165) is 22.5 Å². The van der Waals surface area contributed by atoms with Crippen LogP contribution in [0.4, 0.5) is 0 Å². The fourth-order valence-electron chi connectivity index (χ4n) is 3.00. The summed E-state index contributed by atoms with van der Waals surface area (Å²) in [5.41, 5.74) is 4.25. The fraction of sp³-hybridized carbons (Fsp3) is 0.273. The zero-order valence-electron chi connectivity index (χ0n) is 17.6. The van der Waals surface area contributed by atoms with Crippen molar-refractivity contribution >= 4 is 5.91 Å². The third kappa shape index (κ3) is 4.72. The normalized spacial score (nSPS) is 11.6. The Morgan fingerprint density at radius 1 is 1.20 bits per heavy atom. The van der Waals surface area contributed by atoms with Crippen LogP contribution < -0.4 is 11.2 Å². The number of benzene rings is 2. The van der Waals surface area contributed by atoms with Crippen molar-refractivity contribution in [1.82, 2.24) is 25.5 Å². The van der Waals surface area contributed by atoms with Gasteiger partial charge >= 0.3 is 0 Å². The van der Waals surface area contributed by atoms with Gasteiger partial charge in [0.05, 0.1) is 12.2 Å². The van der Waals surface area contributed by atoms with Crippen LogP contribution in [0.15, 0.2) is 54.3 Å². The van der Waals surface area contributed by atoms with Gasteiger partial charge in [0.2, 0.25) is 0 Å². The molecule has 0 bridgehead atoms. The average molecular weight is 406 g/mol. The van der Waals surface area contributed by atoms with Crippen LogP contribution in [0, 0.1) is 6.92 Å². The Labute approximate surface area is 175 Å². The van der Waals surface area contributed by atoms with Crippen molar-refractivity contribution in [3.8, 4) is 16.8 Å². The van der Waals surface area contributed by atoms with E-state index in [2.05, 4.69) is 20.8 Å². The Balaban J connectivity index is 2.05. The van der Waals surface area contributed by atoms with E-state index in [4.69, 9.17) is 10.7 Å². The molecule has 0 aliphatic rings. The lowest BCUT2D eigenvalue weighted by molar-refractivity contribution is 0.0946. The van der Waals surface area contributed by atoms with Crippen LogP contribution in [0.5, 0.6) is 0 Å². The van der Waals surface area contributed by atoms with Crippen molar-refractivity contribution in [2.24, 2.45) is 5.90 Å². The molecule has 0 fully saturated rings. The zero-order valence-corrected chi connectivity index (χ0v) is 17.6. The Morgan fingerprint density at radius 3 is 2.57 bits per heavy atom. The number of carbonyl (C=O) groups is 1. The van der Waals surface area contributed by atoms with Gasteiger partial charge in [-0.3, -0.25) is 4.79 Å². The summed E-state index contributed by atoms with van der Waals surface area (Å²) in [7, 11) is 0. The molecule has 1 amide bonds. The number of nitrogens with one attached hydrogen (secondary N) is 1. The van der Waals surface area contributed by atoms with Gasteiger partial charge in [0, 0.05) is 11.5 Å². The summed E-state index contributed by atoms with van der Waals surface area (Å²) in [5, 5.41) is 14.9. The summed E-state index contributed by atoms with van der Waals surface area (Å²) in [6.45, 7) is 8.05. The first-order valence-corrected chi connectivity index (χ1v) is 9.73. The highest BCUT2D eigenvalue weighted by Crippen LogP contribution is 2.26. The van der Waals surface area contributed by atoms with Crippen LogP contribution in [0.1, 0.15) is 48.4 Å². The van der Waals surface area contributed by atoms with E-state index in [9.17, 15) is 4.79 Å². The largest absolute Gasteiger partial charge is 0.414 e. The highest BCUT2D eigenvalue weighted by Gasteiger charge is 2.16. The maximum absolute atomic E-state index is 12.9. The van der Waals surface area contributed by atoms with Crippen molar-refractivity contribution in [3.63, 3.8) is 0 Å². The molecule has 0 radical (unpaired) electrons. The standard InChI is InChI=1S/C22H26N6O2/c1-5-20(30-23)13-24-22(29)18-10-17(16-8-6-15(4)7-9-16)11-19(12-18)28-21(14(2)3)25-26-27-28/h5-12,14H,13,23H2,1-4H3,(H,24,29)/b20-5-. The van der Waals surface area contributed by atoms with Gasteiger partial charge in [-0.05, 0) is 59.7 Å². The van der Waals surface area contributed by atoms with Gasteiger partial charge in [0.25, 0.3) is 5.91 Å². The highest BCUT2D eigenvalue weighted by molar-refractivity contribution is 5.96. The van der Waals surface area contributed by atoms with Crippen molar-refractivity contribution in [2.45, 2.75) is 33.6 Å². The van der Waals surface area contributed by atoms with Gasteiger partial charge in [-0.2, -0.15) is 10.6 Å². The number of aryl methyl sites for hydroxylation is 1. The van der Waals surface area contributed by atoms with Crippen molar-refractivity contribution in [2.75, 3.05) is 6.54 Å². The van der Waals surface area contributed by atoms with E-state index in [1.165, 1.54) is 0 Å². The van der Waals surface area contributed by atoms with Crippen molar-refractivity contribution in [3.05, 3.63) is 71.3 Å². The second-order valence-corrected chi connectivity index (χ2v) is 7.29. The third-order valence-electron chi connectivity index (χ3n) is 4.72. The lowest BCUT2D eigenvalue weighted by Gasteiger charge is -2.13. The van der Waals surface area contributed by atoms with Gasteiger partial charge < -0.3 is 10.2 Å². The van der Waals surface area contributed by atoms with Crippen LogP contribution in [0.25, 0.3) is 16.8 Å². The first kappa shape index (κ1) is 21.2. The lowest BCUT2D eigenvalue weighted by atomic mass is 10.0. The number of tetrazole rings is 1. The van der Waals surface area contributed by atoms with Crippen LogP contribution >= 0.6 is 0 Å². The summed E-state index contributed by atoms with van der Waals surface area (Å²) in [6.07, 6.45) is 1.70. The zero-order chi connectivity index (χ0) is 21.7. The smallest absolute Gasteiger partial charge is 0.251 e. The molecule has 0 saturated carbocycles. The van der Waals surface area contributed by atoms with Gasteiger partial charge in [-0.15, -0.1) is 5.10 Å². The lowest BCUT2D eigenvalue weighted by Crippen LogP contribution is -2.27. The molecular formula is C22H26N6O2. The average Bonchev–Trinajstić information content (AvgIpc) is 3.25. The molecule has 8 nitrogen and oxygen atoms in total. The number of hydrogen-bond acceptors (Lipinski definition) is 6. The second-order valence-electron chi connectivity index (χ2n) is 7.29. The molecule has 3 aromatic rings. The summed E-state index contributed by atoms with van der Waals surface area (Å²) in [6, 6.07) is 13.7. The fourth-order valence-corrected chi connectivity index (χ4v) is 3.00. The van der Waals surface area contributed by atoms with Crippen molar-refractivity contribution < 1.29 is 9.63 Å². The summed E-state index contributed by atoms with van der Waals surface area (Å²) >= 11 is 0. The maximum atomic E-state index is 12.9. The third-order valence-corrected chi connectivity index (χ3v) is 4.72. The van der Waals surface area contributed by atoms with E-state index >= 15 is 0 Å². The van der Waals surface area contributed by atoms with E-state index in [1.807, 2.05) is 57.2 Å². The second kappa shape index (κ2) is 9.32. The molecular weight excluding hydrogens is 380 g/mol. The number of rotatable bonds is 7. The minimum absolute atomic E-state index is 0.124. The molecule has 0 atom stereocenters. The number of allylic oxidation sites excluding steroid dienone is 1. The van der Waals surface area contributed by atoms with Gasteiger partial charge in [0.15, 0.2) is 5.82 Å². The molecule has 1 aromatic heterocycles. The van der Waals surface area contributed by atoms with E-state index in [1.54, 1.807) is 23.7 Å². The quantitative estimate of drug-likeness (QED) is 0.460. The molecule has 3 rings (SSSR count). The first-order valence-electron chi connectivity index (χ1n) is 9.73. The number of hydrogen-bond donors (Lipinski definition) is 2. The number of amides is 1. The molecule has 1 heterocycles. The topological polar surface area (TPSA) is 108 Å². The molecule has 0 aliphatic carbocycles. The van der Waals surface area contributed by atoms with E-state index < -0.39 is 0 Å². The van der Waals surface area contributed by atoms with Gasteiger partial charge in [-0.1, -0.05) is 43.7 Å². The molecule has 0 saturated heterocycles. The number of nitrogens with zero attached hydrogens (tertiary/aromatic N) is 4. The monoisotopic (exact) mass is 406 g/mol. The molecule has 156 valence electrons. The Morgan fingerprint density at radius 2 is 1.93 bits per heavy atom. The predicted molar refractivity (Wildman–Crippen MR) is 115 cm³/mol. The summed E-state index contributed by atoms with van der Waals surface area (Å²) in [5.74, 6) is 6.27. The molecule has 8 heteroatoms. The Kier molecular flexibility index (Phi) is 6.58. The number of nitrogens with two attached hydrogens (primary N) is 1. The number of aromatic nitrogens is 4. The Bertz CT molecular complexity index is 1050. The molecule has 3 N–H and O–H groups in total. The Hall–Kier alpha value is -3.52. The van der Waals surface area contributed by atoms with Gasteiger partial charge in [0.1, 0.15) is 5.76 Å². The first-order chi connectivity index (χ1) is 14.4. The summed E-state index contributed by atoms with van der Waals surface area (Å²) < 4.78 is 1.67. The minimum atomic E-state index is -0.249. The van der Waals surface area contributed by atoms with Crippen molar-refractivity contribution in [1.29, 1.82) is 0 Å². The molecule has 0 unspecified atom stereocenters. The predicted octanol–water partition coefficient (Wildman–Crippen LogP) is 3.29. The SMILES string of the molecule is C/C=C(/CNC(=O)c1cc(-c2ccc(C)cc2)cc(-n2nnnc2C(C)C)c1)ON. The molecule has 0 spiro atoms. The van der Waals surface area contributed by atoms with E-state index in [0.29, 0.717) is 17.0 Å². The van der Waals surface area contributed by atoms with Crippen LogP contribution in [0.2, 0.25) is 0 Å². The van der Waals surface area contributed by atoms with Gasteiger partial charge in [-0.25, -0.2) is 0 Å². The van der Waals surface area contributed by atoms with Crippen LogP contribution in [-0.2, 0) is 4.84 Å². The summed E-state index contributed by atoms with van der Waals surface area (Å²) in [4.78, 5) is 17.6. The highest BCUT2D eigenvalue weighted by atomic mass is 16.6. The molecule has 0 aliphatic heterocycles. The maximum Gasteiger partial charge on any atom is 0.251 e. The number of carbonyl (C=O) groups excluding carboxylic acids is 1. The molecule has 2 aromatic carbocycles.